The van der Waals surface area contributed by atoms with Crippen LogP contribution in [-0.4, -0.2) is 6.54 Å². The second-order valence-corrected chi connectivity index (χ2v) is 3.57. The van der Waals surface area contributed by atoms with Gasteiger partial charge < -0.3 is 5.32 Å². The monoisotopic (exact) mass is 153 g/mol. The number of thiophene rings is 1. The maximum Gasteiger partial charge on any atom is 0.0914 e. The average Bonchev–Trinajstić information content (AvgIpc) is 2.28. The Morgan fingerprint density at radius 2 is 2.40 bits per heavy atom. The maximum atomic E-state index is 3.42. The molecule has 1 aliphatic rings. The Labute approximate surface area is 65.1 Å². The molecule has 0 amide bonds. The normalized spacial score (nSPS) is 17.2. The van der Waals surface area contributed by atoms with Gasteiger partial charge in [-0.1, -0.05) is 0 Å². The van der Waals surface area contributed by atoms with Crippen LogP contribution in [0.4, 0.5) is 5.00 Å². The predicted octanol–water partition coefficient (Wildman–Crippen LogP) is 2.50. The Hall–Kier alpha value is -0.500. The van der Waals surface area contributed by atoms with Crippen LogP contribution >= 0.6 is 11.3 Å². The van der Waals surface area contributed by atoms with Gasteiger partial charge in [-0.15, -0.1) is 11.3 Å². The maximum absolute atomic E-state index is 3.42. The zero-order valence-corrected chi connectivity index (χ0v) is 6.71. The minimum Gasteiger partial charge on any atom is -0.377 e. The van der Waals surface area contributed by atoms with Crippen molar-refractivity contribution in [2.24, 2.45) is 0 Å². The highest BCUT2D eigenvalue weighted by Gasteiger charge is 2.06. The van der Waals surface area contributed by atoms with Crippen molar-refractivity contribution in [2.45, 2.75) is 19.3 Å². The molecule has 0 radical (unpaired) electrons. The molecule has 1 N–H and O–H groups in total. The molecule has 1 aromatic heterocycles. The lowest BCUT2D eigenvalue weighted by atomic mass is 10.2. The Balaban J connectivity index is 2.28. The van der Waals surface area contributed by atoms with E-state index in [1.54, 1.807) is 0 Å². The SMILES string of the molecule is c1cc2c(s1)NCCCC2. The first kappa shape index (κ1) is 6.23. The van der Waals surface area contributed by atoms with Gasteiger partial charge in [-0.2, -0.15) is 0 Å². The molecular weight excluding hydrogens is 142 g/mol. The van der Waals surface area contributed by atoms with Gasteiger partial charge in [0.2, 0.25) is 0 Å². The van der Waals surface area contributed by atoms with Crippen LogP contribution < -0.4 is 5.32 Å². The lowest BCUT2D eigenvalue weighted by Crippen LogP contribution is -1.96. The van der Waals surface area contributed by atoms with E-state index in [0.717, 1.165) is 6.54 Å². The summed E-state index contributed by atoms with van der Waals surface area (Å²) in [6.45, 7) is 1.16. The van der Waals surface area contributed by atoms with Crippen molar-refractivity contribution >= 4 is 16.3 Å². The Morgan fingerprint density at radius 3 is 3.40 bits per heavy atom. The van der Waals surface area contributed by atoms with Gasteiger partial charge in [-0.25, -0.2) is 0 Å². The molecular formula is C8H11NS. The molecule has 0 aliphatic carbocycles. The minimum absolute atomic E-state index is 1.16. The molecule has 1 aromatic rings. The van der Waals surface area contributed by atoms with E-state index in [2.05, 4.69) is 16.8 Å². The molecule has 2 heteroatoms. The van der Waals surface area contributed by atoms with E-state index in [9.17, 15) is 0 Å². The molecule has 0 atom stereocenters. The molecule has 2 rings (SSSR count). The third kappa shape index (κ3) is 1.03. The van der Waals surface area contributed by atoms with E-state index in [4.69, 9.17) is 0 Å². The Kier molecular flexibility index (Phi) is 1.63. The zero-order chi connectivity index (χ0) is 6.81. The van der Waals surface area contributed by atoms with E-state index in [1.165, 1.54) is 29.8 Å². The molecule has 0 aromatic carbocycles. The van der Waals surface area contributed by atoms with Gasteiger partial charge >= 0.3 is 0 Å². The van der Waals surface area contributed by atoms with Crippen molar-refractivity contribution in [1.82, 2.24) is 0 Å². The van der Waals surface area contributed by atoms with Crippen molar-refractivity contribution in [3.63, 3.8) is 0 Å². The highest BCUT2D eigenvalue weighted by Crippen LogP contribution is 2.26. The Morgan fingerprint density at radius 1 is 1.40 bits per heavy atom. The van der Waals surface area contributed by atoms with E-state index in [-0.39, 0.29) is 0 Å². The number of nitrogens with one attached hydrogen (secondary N) is 1. The van der Waals surface area contributed by atoms with Gasteiger partial charge in [0, 0.05) is 6.54 Å². The molecule has 0 saturated heterocycles. The first-order valence-electron chi connectivity index (χ1n) is 3.77. The summed E-state index contributed by atoms with van der Waals surface area (Å²) in [4.78, 5) is 0. The molecule has 0 unspecified atom stereocenters. The molecule has 1 aliphatic heterocycles. The molecule has 0 fully saturated rings. The zero-order valence-electron chi connectivity index (χ0n) is 5.89. The molecule has 0 spiro atoms. The number of anilines is 1. The number of fused-ring (bicyclic) bond motifs is 1. The number of aryl methyl sites for hydroxylation is 1. The van der Waals surface area contributed by atoms with E-state index in [0.29, 0.717) is 0 Å². The second kappa shape index (κ2) is 2.62. The summed E-state index contributed by atoms with van der Waals surface area (Å²) < 4.78 is 0. The molecule has 54 valence electrons. The fourth-order valence-electron chi connectivity index (χ4n) is 1.33. The third-order valence-electron chi connectivity index (χ3n) is 1.91. The molecule has 10 heavy (non-hydrogen) atoms. The van der Waals surface area contributed by atoms with Gasteiger partial charge in [0.25, 0.3) is 0 Å². The summed E-state index contributed by atoms with van der Waals surface area (Å²) in [5.41, 5.74) is 1.52. The van der Waals surface area contributed by atoms with E-state index in [1.807, 2.05) is 11.3 Å². The van der Waals surface area contributed by atoms with Crippen LogP contribution in [0.3, 0.4) is 0 Å². The van der Waals surface area contributed by atoms with E-state index >= 15 is 0 Å². The smallest absolute Gasteiger partial charge is 0.0914 e. The quantitative estimate of drug-likeness (QED) is 0.604. The van der Waals surface area contributed by atoms with E-state index < -0.39 is 0 Å². The average molecular weight is 153 g/mol. The van der Waals surface area contributed by atoms with Crippen molar-refractivity contribution in [3.05, 3.63) is 17.0 Å². The van der Waals surface area contributed by atoms with Crippen LogP contribution in [0.15, 0.2) is 11.4 Å². The fourth-order valence-corrected chi connectivity index (χ4v) is 2.21. The summed E-state index contributed by atoms with van der Waals surface area (Å²) in [6.07, 6.45) is 3.93. The minimum atomic E-state index is 1.16. The van der Waals surface area contributed by atoms with Crippen LogP contribution in [0.5, 0.6) is 0 Å². The summed E-state index contributed by atoms with van der Waals surface area (Å²) in [5.74, 6) is 0. The lowest BCUT2D eigenvalue weighted by molar-refractivity contribution is 0.786. The van der Waals surface area contributed by atoms with Crippen molar-refractivity contribution in [1.29, 1.82) is 0 Å². The first-order chi connectivity index (χ1) is 4.97. The fraction of sp³-hybridized carbons (Fsp3) is 0.500. The number of rotatable bonds is 0. The highest BCUT2D eigenvalue weighted by molar-refractivity contribution is 7.14. The van der Waals surface area contributed by atoms with Crippen LogP contribution in [0.2, 0.25) is 0 Å². The van der Waals surface area contributed by atoms with Gasteiger partial charge in [0.15, 0.2) is 0 Å². The highest BCUT2D eigenvalue weighted by atomic mass is 32.1. The lowest BCUT2D eigenvalue weighted by Gasteiger charge is -1.97. The third-order valence-corrected chi connectivity index (χ3v) is 2.82. The van der Waals surface area contributed by atoms with Crippen molar-refractivity contribution in [3.8, 4) is 0 Å². The van der Waals surface area contributed by atoms with Crippen molar-refractivity contribution in [2.75, 3.05) is 11.9 Å². The predicted molar refractivity (Wildman–Crippen MR) is 45.7 cm³/mol. The van der Waals surface area contributed by atoms with Gasteiger partial charge in [-0.05, 0) is 36.3 Å². The van der Waals surface area contributed by atoms with Crippen LogP contribution in [0.1, 0.15) is 18.4 Å². The summed E-state index contributed by atoms with van der Waals surface area (Å²) >= 11 is 1.83. The van der Waals surface area contributed by atoms with Crippen LogP contribution in [0, 0.1) is 0 Å². The number of hydrogen-bond acceptors (Lipinski definition) is 2. The molecule has 0 bridgehead atoms. The Bertz CT molecular complexity index is 196. The summed E-state index contributed by atoms with van der Waals surface area (Å²) in [7, 11) is 0. The topological polar surface area (TPSA) is 12.0 Å². The summed E-state index contributed by atoms with van der Waals surface area (Å²) in [5, 5.41) is 6.99. The van der Waals surface area contributed by atoms with Gasteiger partial charge in [0.1, 0.15) is 0 Å². The second-order valence-electron chi connectivity index (χ2n) is 2.66. The van der Waals surface area contributed by atoms with Gasteiger partial charge in [-0.3, -0.25) is 0 Å². The summed E-state index contributed by atoms with van der Waals surface area (Å²) in [6, 6.07) is 2.23. The largest absolute Gasteiger partial charge is 0.377 e. The van der Waals surface area contributed by atoms with Crippen LogP contribution in [0.25, 0.3) is 0 Å². The molecule has 1 nitrogen and oxygen atoms in total. The first-order valence-corrected chi connectivity index (χ1v) is 4.65. The molecule has 0 saturated carbocycles. The van der Waals surface area contributed by atoms with Crippen LogP contribution in [-0.2, 0) is 6.42 Å². The van der Waals surface area contributed by atoms with Gasteiger partial charge in [0.05, 0.1) is 5.00 Å². The van der Waals surface area contributed by atoms with Crippen molar-refractivity contribution < 1.29 is 0 Å². The molecule has 2 heterocycles. The standard InChI is InChI=1S/C8H11NS/c1-2-5-9-8-7(3-1)4-6-10-8/h4,6,9H,1-3,5H2. The number of hydrogen-bond donors (Lipinski definition) is 1.